The molecule has 27 heavy (non-hydrogen) atoms. The van der Waals surface area contributed by atoms with E-state index in [4.69, 9.17) is 9.84 Å². The van der Waals surface area contributed by atoms with Crippen LogP contribution in [0.15, 0.2) is 24.3 Å². The second-order valence-electron chi connectivity index (χ2n) is 6.40. The summed E-state index contributed by atoms with van der Waals surface area (Å²) in [4.78, 5) is 23.6. The Balaban J connectivity index is 1.98. The van der Waals surface area contributed by atoms with E-state index in [0.717, 1.165) is 0 Å². The second kappa shape index (κ2) is 9.11. The number of phenolic OH excluding ortho intramolecular Hbond substituents is 1. The summed E-state index contributed by atoms with van der Waals surface area (Å²) in [6.07, 6.45) is -7.59. The van der Waals surface area contributed by atoms with E-state index in [1.165, 1.54) is 24.3 Å². The van der Waals surface area contributed by atoms with Gasteiger partial charge in [0.2, 0.25) is 5.91 Å². The largest absolute Gasteiger partial charge is 0.508 e. The first-order chi connectivity index (χ1) is 12.7. The second-order valence-corrected chi connectivity index (χ2v) is 6.40. The Bertz CT molecular complexity index is 648. The molecule has 2 rings (SSSR count). The molecule has 0 unspecified atom stereocenters. The Morgan fingerprint density at radius 2 is 1.63 bits per heavy atom. The molecule has 6 atom stereocenters. The van der Waals surface area contributed by atoms with Crippen molar-refractivity contribution in [2.75, 3.05) is 6.61 Å². The van der Waals surface area contributed by atoms with Crippen molar-refractivity contribution in [2.45, 2.75) is 49.4 Å². The number of phenols is 1. The molecule has 0 radical (unpaired) electrons. The fourth-order valence-electron chi connectivity index (χ4n) is 2.85. The minimum absolute atomic E-state index is 0.0253. The molecule has 1 aromatic carbocycles. The monoisotopic (exact) mass is 385 g/mol. The smallest absolute Gasteiger partial charge is 0.326 e. The van der Waals surface area contributed by atoms with Crippen LogP contribution in [0.3, 0.4) is 0 Å². The van der Waals surface area contributed by atoms with Crippen LogP contribution in [0.5, 0.6) is 5.75 Å². The lowest BCUT2D eigenvalue weighted by molar-refractivity contribution is -0.229. The third kappa shape index (κ3) is 5.37. The standard InChI is InChI=1S/C17H23NO9/c19-7-12-15(23)16(24)14(22)11(27-12)6-13(21)18-10(17(25)26)5-8-1-3-9(20)4-2-8/h1-4,10-12,14-16,19-20,22-24H,5-7H2,(H,18,21)(H,25,26)/t10-,11+,12+,14+,15+,16+/m0/s1. The van der Waals surface area contributed by atoms with Gasteiger partial charge in [0.15, 0.2) is 0 Å². The maximum Gasteiger partial charge on any atom is 0.326 e. The molecule has 1 aliphatic rings. The van der Waals surface area contributed by atoms with Crippen LogP contribution in [0.1, 0.15) is 12.0 Å². The molecule has 0 spiro atoms. The summed E-state index contributed by atoms with van der Waals surface area (Å²) in [6.45, 7) is -0.623. The summed E-state index contributed by atoms with van der Waals surface area (Å²) in [5, 5.41) is 59.4. The van der Waals surface area contributed by atoms with Crippen LogP contribution in [-0.2, 0) is 20.7 Å². The topological polar surface area (TPSA) is 177 Å². The van der Waals surface area contributed by atoms with Crippen LogP contribution in [0.2, 0.25) is 0 Å². The Hall–Kier alpha value is -2.24. The minimum Gasteiger partial charge on any atom is -0.508 e. The van der Waals surface area contributed by atoms with Crippen molar-refractivity contribution in [3.05, 3.63) is 29.8 Å². The number of carboxylic acid groups (broad SMARTS) is 1. The van der Waals surface area contributed by atoms with Crippen molar-refractivity contribution in [2.24, 2.45) is 0 Å². The van der Waals surface area contributed by atoms with Gasteiger partial charge < -0.3 is 40.7 Å². The summed E-state index contributed by atoms with van der Waals surface area (Å²) in [5.74, 6) is -1.99. The van der Waals surface area contributed by atoms with E-state index < -0.39 is 61.5 Å². The predicted octanol–water partition coefficient (Wildman–Crippen LogP) is -2.26. The van der Waals surface area contributed by atoms with Crippen molar-refractivity contribution >= 4 is 11.9 Å². The number of ether oxygens (including phenoxy) is 1. The number of rotatable bonds is 7. The molecule has 10 nitrogen and oxygen atoms in total. The molecule has 1 aromatic rings. The van der Waals surface area contributed by atoms with E-state index in [-0.39, 0.29) is 12.2 Å². The molecule has 1 saturated heterocycles. The quantitative estimate of drug-likeness (QED) is 0.273. The highest BCUT2D eigenvalue weighted by Crippen LogP contribution is 2.23. The number of carbonyl (C=O) groups excluding carboxylic acids is 1. The zero-order valence-electron chi connectivity index (χ0n) is 14.3. The average Bonchev–Trinajstić information content (AvgIpc) is 2.63. The lowest BCUT2D eigenvalue weighted by atomic mass is 9.93. The van der Waals surface area contributed by atoms with E-state index in [0.29, 0.717) is 5.56 Å². The number of aliphatic hydroxyl groups excluding tert-OH is 4. The molecular formula is C17H23NO9. The summed E-state index contributed by atoms with van der Waals surface area (Å²) in [7, 11) is 0. The number of hydrogen-bond donors (Lipinski definition) is 7. The Morgan fingerprint density at radius 1 is 1.04 bits per heavy atom. The number of benzene rings is 1. The molecule has 0 saturated carbocycles. The van der Waals surface area contributed by atoms with Gasteiger partial charge in [-0.25, -0.2) is 4.79 Å². The van der Waals surface area contributed by atoms with E-state index >= 15 is 0 Å². The number of aromatic hydroxyl groups is 1. The van der Waals surface area contributed by atoms with Crippen molar-refractivity contribution in [1.29, 1.82) is 0 Å². The molecule has 1 aliphatic heterocycles. The van der Waals surface area contributed by atoms with Crippen LogP contribution >= 0.6 is 0 Å². The molecule has 1 amide bonds. The van der Waals surface area contributed by atoms with Gasteiger partial charge in [-0.2, -0.15) is 0 Å². The van der Waals surface area contributed by atoms with Gasteiger partial charge in [0.1, 0.15) is 36.2 Å². The van der Waals surface area contributed by atoms with Crippen LogP contribution in [-0.4, -0.2) is 85.7 Å². The van der Waals surface area contributed by atoms with Gasteiger partial charge in [-0.1, -0.05) is 12.1 Å². The molecule has 1 fully saturated rings. The van der Waals surface area contributed by atoms with Gasteiger partial charge in [-0.15, -0.1) is 0 Å². The summed E-state index contributed by atoms with van der Waals surface area (Å²) < 4.78 is 5.23. The van der Waals surface area contributed by atoms with E-state index in [1.807, 2.05) is 0 Å². The van der Waals surface area contributed by atoms with Gasteiger partial charge in [0, 0.05) is 6.42 Å². The minimum atomic E-state index is -1.61. The van der Waals surface area contributed by atoms with Crippen LogP contribution < -0.4 is 5.32 Å². The number of hydrogen-bond acceptors (Lipinski definition) is 8. The van der Waals surface area contributed by atoms with Gasteiger partial charge in [0.05, 0.1) is 19.1 Å². The number of amides is 1. The Labute approximate surface area is 154 Å². The molecule has 0 aromatic heterocycles. The first-order valence-corrected chi connectivity index (χ1v) is 8.33. The van der Waals surface area contributed by atoms with Crippen LogP contribution in [0.25, 0.3) is 0 Å². The van der Waals surface area contributed by atoms with Crippen molar-refractivity contribution in [3.8, 4) is 5.75 Å². The third-order valence-electron chi connectivity index (χ3n) is 4.39. The summed E-state index contributed by atoms with van der Waals surface area (Å²) in [5.41, 5.74) is 0.577. The Morgan fingerprint density at radius 3 is 2.19 bits per heavy atom. The lowest BCUT2D eigenvalue weighted by Crippen LogP contribution is -2.59. The number of aliphatic carboxylic acids is 1. The first kappa shape index (κ1) is 21.1. The van der Waals surface area contributed by atoms with Crippen molar-refractivity contribution in [1.82, 2.24) is 5.32 Å². The summed E-state index contributed by atoms with van der Waals surface area (Å²) >= 11 is 0. The van der Waals surface area contributed by atoms with Gasteiger partial charge in [0.25, 0.3) is 0 Å². The SMILES string of the molecule is O=C(C[C@H]1O[C@H](CO)[C@@H](O)[C@H](O)[C@@H]1O)N[C@@H](Cc1ccc(O)cc1)C(=O)O. The summed E-state index contributed by atoms with van der Waals surface area (Å²) in [6, 6.07) is 4.57. The molecular weight excluding hydrogens is 362 g/mol. The van der Waals surface area contributed by atoms with E-state index in [1.54, 1.807) is 0 Å². The fraction of sp³-hybridized carbons (Fsp3) is 0.529. The normalized spacial score (nSPS) is 29.1. The number of carboxylic acids is 1. The first-order valence-electron chi connectivity index (χ1n) is 8.33. The molecule has 0 aliphatic carbocycles. The van der Waals surface area contributed by atoms with Crippen LogP contribution in [0, 0.1) is 0 Å². The molecule has 1 heterocycles. The highest BCUT2D eigenvalue weighted by molar-refractivity contribution is 5.84. The van der Waals surface area contributed by atoms with Crippen molar-refractivity contribution < 1.29 is 45.0 Å². The van der Waals surface area contributed by atoms with Crippen LogP contribution in [0.4, 0.5) is 0 Å². The highest BCUT2D eigenvalue weighted by atomic mass is 16.5. The maximum absolute atomic E-state index is 12.2. The highest BCUT2D eigenvalue weighted by Gasteiger charge is 2.44. The van der Waals surface area contributed by atoms with Crippen molar-refractivity contribution in [3.63, 3.8) is 0 Å². The third-order valence-corrected chi connectivity index (χ3v) is 4.39. The predicted molar refractivity (Wildman–Crippen MR) is 89.8 cm³/mol. The lowest BCUT2D eigenvalue weighted by Gasteiger charge is -2.39. The molecule has 0 bridgehead atoms. The molecule has 7 N–H and O–H groups in total. The fourth-order valence-corrected chi connectivity index (χ4v) is 2.85. The zero-order chi connectivity index (χ0) is 20.1. The van der Waals surface area contributed by atoms with E-state index in [9.17, 15) is 35.1 Å². The number of nitrogens with one attached hydrogen (secondary N) is 1. The number of carbonyl (C=O) groups is 2. The van der Waals surface area contributed by atoms with Gasteiger partial charge in [-0.3, -0.25) is 4.79 Å². The number of aliphatic hydroxyl groups is 4. The maximum atomic E-state index is 12.2. The molecule has 150 valence electrons. The average molecular weight is 385 g/mol. The van der Waals surface area contributed by atoms with Gasteiger partial charge in [-0.05, 0) is 17.7 Å². The zero-order valence-corrected chi connectivity index (χ0v) is 14.3. The van der Waals surface area contributed by atoms with Gasteiger partial charge >= 0.3 is 5.97 Å². The Kier molecular flexibility index (Phi) is 7.11. The molecule has 10 heteroatoms. The van der Waals surface area contributed by atoms with E-state index in [2.05, 4.69) is 5.32 Å².